The molecule has 12 nitrogen and oxygen atoms in total. The molecule has 0 aromatic carbocycles. The van der Waals surface area contributed by atoms with Crippen molar-refractivity contribution in [3.05, 3.63) is 0 Å². The van der Waals surface area contributed by atoms with Crippen molar-refractivity contribution < 1.29 is 54.1 Å². The number of carbonyl (C=O) groups is 2. The lowest BCUT2D eigenvalue weighted by Gasteiger charge is -2.52. The SMILES string of the molecule is CCC(C)O[C@@H]1C(C(=O)O)O[C@@H](OC2C(NC(C)=O)[C@H](C(C)(CC)CC)OC(CO)[C@H]2O)C(O)C1O. The maximum atomic E-state index is 12.1. The van der Waals surface area contributed by atoms with E-state index >= 15 is 0 Å². The quantitative estimate of drug-likeness (QED) is 0.207. The van der Waals surface area contributed by atoms with Crippen molar-refractivity contribution in [3.8, 4) is 0 Å². The Morgan fingerprint density at radius 2 is 1.64 bits per heavy atom. The molecule has 12 heteroatoms. The number of nitrogens with one attached hydrogen (secondary N) is 1. The molecule has 2 aliphatic heterocycles. The van der Waals surface area contributed by atoms with Crippen molar-refractivity contribution in [2.75, 3.05) is 6.61 Å². The Bertz CT molecular complexity index is 733. The standard InChI is InChI=1S/C24H43NO11/c1-7-11(4)33-19-16(29)17(30)23(36-20(19)22(31)32)35-18-14(25-12(5)27)21(24(6,8-2)9-3)34-13(10-26)15(18)28/h11,13-21,23,26,28-30H,7-10H2,1-6H3,(H,25,27)(H,31,32)/t11?,13?,14?,15-,16?,17?,18?,19+,20?,21-,23-/m1/s1. The van der Waals surface area contributed by atoms with E-state index in [1.54, 1.807) is 6.92 Å². The molecule has 7 unspecified atom stereocenters. The van der Waals surface area contributed by atoms with E-state index in [2.05, 4.69) is 5.32 Å². The molecule has 0 spiro atoms. The first-order valence-corrected chi connectivity index (χ1v) is 12.6. The normalized spacial score (nSPS) is 38.4. The van der Waals surface area contributed by atoms with E-state index < -0.39 is 91.2 Å². The summed E-state index contributed by atoms with van der Waals surface area (Å²) in [6.07, 6.45) is -11.2. The lowest BCUT2D eigenvalue weighted by atomic mass is 9.72. The smallest absolute Gasteiger partial charge is 0.335 e. The number of carbonyl (C=O) groups excluding carboxylic acids is 1. The maximum Gasteiger partial charge on any atom is 0.335 e. The summed E-state index contributed by atoms with van der Waals surface area (Å²) in [7, 11) is 0. The average molecular weight is 522 g/mol. The number of aliphatic hydroxyl groups is 4. The second-order valence-electron chi connectivity index (χ2n) is 10.0. The van der Waals surface area contributed by atoms with Crippen LogP contribution in [0.15, 0.2) is 0 Å². The lowest BCUT2D eigenvalue weighted by Crippen LogP contribution is -2.70. The summed E-state index contributed by atoms with van der Waals surface area (Å²) in [5, 5.41) is 54.9. The van der Waals surface area contributed by atoms with E-state index in [1.165, 1.54) is 6.92 Å². The molecule has 0 radical (unpaired) electrons. The van der Waals surface area contributed by atoms with Crippen molar-refractivity contribution in [3.63, 3.8) is 0 Å². The lowest BCUT2D eigenvalue weighted by molar-refractivity contribution is -0.335. The van der Waals surface area contributed by atoms with Crippen LogP contribution in [0.25, 0.3) is 0 Å². The van der Waals surface area contributed by atoms with Crippen LogP contribution in [0.2, 0.25) is 0 Å². The van der Waals surface area contributed by atoms with Gasteiger partial charge in [0.1, 0.15) is 36.6 Å². The Morgan fingerprint density at radius 3 is 2.11 bits per heavy atom. The highest BCUT2D eigenvalue weighted by Crippen LogP contribution is 2.40. The molecular weight excluding hydrogens is 478 g/mol. The van der Waals surface area contributed by atoms with E-state index in [0.29, 0.717) is 19.3 Å². The summed E-state index contributed by atoms with van der Waals surface area (Å²) in [5.41, 5.74) is -0.493. The molecule has 6 N–H and O–H groups in total. The Balaban J connectivity index is 2.42. The van der Waals surface area contributed by atoms with Crippen molar-refractivity contribution in [1.82, 2.24) is 5.32 Å². The van der Waals surface area contributed by atoms with Crippen molar-refractivity contribution >= 4 is 11.9 Å². The van der Waals surface area contributed by atoms with Gasteiger partial charge in [-0.3, -0.25) is 4.79 Å². The fourth-order valence-electron chi connectivity index (χ4n) is 4.73. The van der Waals surface area contributed by atoms with Crippen LogP contribution in [-0.2, 0) is 28.5 Å². The van der Waals surface area contributed by atoms with Gasteiger partial charge in [-0.1, -0.05) is 27.7 Å². The fraction of sp³-hybridized carbons (Fsp3) is 0.917. The third-order valence-electron chi connectivity index (χ3n) is 7.61. The number of amides is 1. The van der Waals surface area contributed by atoms with Crippen LogP contribution in [-0.4, -0.2) is 111 Å². The number of ether oxygens (including phenoxy) is 4. The third-order valence-corrected chi connectivity index (χ3v) is 7.61. The first kappa shape index (κ1) is 30.8. The molecule has 0 aromatic rings. The first-order chi connectivity index (χ1) is 16.8. The van der Waals surface area contributed by atoms with Crippen LogP contribution < -0.4 is 5.32 Å². The maximum absolute atomic E-state index is 12.1. The van der Waals surface area contributed by atoms with E-state index in [0.717, 1.165) is 0 Å². The van der Waals surface area contributed by atoms with Gasteiger partial charge in [0.25, 0.3) is 0 Å². The minimum atomic E-state index is -1.72. The minimum absolute atomic E-state index is 0.409. The van der Waals surface area contributed by atoms with Gasteiger partial charge < -0.3 is 49.8 Å². The summed E-state index contributed by atoms with van der Waals surface area (Å²) in [5.74, 6) is -1.86. The highest BCUT2D eigenvalue weighted by Gasteiger charge is 2.55. The molecule has 0 aromatic heterocycles. The van der Waals surface area contributed by atoms with Gasteiger partial charge in [-0.05, 0) is 31.6 Å². The predicted octanol–water partition coefficient (Wildman–Crippen LogP) is -0.462. The fourth-order valence-corrected chi connectivity index (χ4v) is 4.73. The highest BCUT2D eigenvalue weighted by molar-refractivity contribution is 5.74. The van der Waals surface area contributed by atoms with Gasteiger partial charge >= 0.3 is 5.97 Å². The third kappa shape index (κ3) is 6.54. The van der Waals surface area contributed by atoms with Gasteiger partial charge in [-0.15, -0.1) is 0 Å². The topological polar surface area (TPSA) is 184 Å². The number of hydrogen-bond acceptors (Lipinski definition) is 10. The van der Waals surface area contributed by atoms with Crippen LogP contribution in [0.5, 0.6) is 0 Å². The zero-order valence-corrected chi connectivity index (χ0v) is 21.9. The number of carboxylic acids is 1. The van der Waals surface area contributed by atoms with Gasteiger partial charge in [0.2, 0.25) is 5.91 Å². The number of carboxylic acid groups (broad SMARTS) is 1. The summed E-state index contributed by atoms with van der Waals surface area (Å²) >= 11 is 0. The van der Waals surface area contributed by atoms with Crippen LogP contribution in [0.3, 0.4) is 0 Å². The largest absolute Gasteiger partial charge is 0.479 e. The molecule has 0 bridgehead atoms. The molecule has 11 atom stereocenters. The van der Waals surface area contributed by atoms with E-state index in [9.17, 15) is 35.1 Å². The predicted molar refractivity (Wildman–Crippen MR) is 126 cm³/mol. The van der Waals surface area contributed by atoms with E-state index in [1.807, 2.05) is 27.7 Å². The van der Waals surface area contributed by atoms with Crippen LogP contribution in [0.1, 0.15) is 60.8 Å². The molecule has 210 valence electrons. The minimum Gasteiger partial charge on any atom is -0.479 e. The molecule has 2 fully saturated rings. The van der Waals surface area contributed by atoms with Gasteiger partial charge in [0.05, 0.1) is 24.9 Å². The summed E-state index contributed by atoms with van der Waals surface area (Å²) < 4.78 is 23.2. The summed E-state index contributed by atoms with van der Waals surface area (Å²) in [6.45, 7) is 10.1. The number of aliphatic hydroxyl groups excluding tert-OH is 4. The van der Waals surface area contributed by atoms with Crippen LogP contribution >= 0.6 is 0 Å². The molecule has 0 aliphatic carbocycles. The highest BCUT2D eigenvalue weighted by atomic mass is 16.7. The zero-order valence-electron chi connectivity index (χ0n) is 21.9. The number of rotatable bonds is 11. The zero-order chi connectivity index (χ0) is 27.4. The van der Waals surface area contributed by atoms with Gasteiger partial charge in [-0.25, -0.2) is 4.79 Å². The second-order valence-corrected chi connectivity index (χ2v) is 10.0. The molecule has 2 saturated heterocycles. The van der Waals surface area contributed by atoms with E-state index in [4.69, 9.17) is 18.9 Å². The Kier molecular flexibility index (Phi) is 11.1. The summed E-state index contributed by atoms with van der Waals surface area (Å²) in [4.78, 5) is 24.1. The van der Waals surface area contributed by atoms with Crippen LogP contribution in [0, 0.1) is 5.41 Å². The van der Waals surface area contributed by atoms with Crippen molar-refractivity contribution in [1.29, 1.82) is 0 Å². The number of aliphatic carboxylic acids is 1. The Labute approximate surface area is 211 Å². The van der Waals surface area contributed by atoms with E-state index in [-0.39, 0.29) is 0 Å². The summed E-state index contributed by atoms with van der Waals surface area (Å²) in [6, 6.07) is -0.935. The van der Waals surface area contributed by atoms with Crippen molar-refractivity contribution in [2.45, 2.75) is 128 Å². The molecule has 0 saturated carbocycles. The van der Waals surface area contributed by atoms with Gasteiger partial charge in [0.15, 0.2) is 12.4 Å². The molecular formula is C24H43NO11. The molecule has 36 heavy (non-hydrogen) atoms. The molecule has 2 heterocycles. The average Bonchev–Trinajstić information content (AvgIpc) is 2.84. The Morgan fingerprint density at radius 1 is 1.03 bits per heavy atom. The Hall–Kier alpha value is -1.38. The monoisotopic (exact) mass is 521 g/mol. The molecule has 1 amide bonds. The van der Waals surface area contributed by atoms with Crippen LogP contribution in [0.4, 0.5) is 0 Å². The van der Waals surface area contributed by atoms with Gasteiger partial charge in [0, 0.05) is 6.92 Å². The second kappa shape index (κ2) is 12.9. The number of hydrogen-bond donors (Lipinski definition) is 6. The van der Waals surface area contributed by atoms with Crippen molar-refractivity contribution in [2.24, 2.45) is 5.41 Å². The van der Waals surface area contributed by atoms with Gasteiger partial charge in [-0.2, -0.15) is 0 Å². The molecule has 2 aliphatic rings. The molecule has 2 rings (SSSR count). The first-order valence-electron chi connectivity index (χ1n) is 12.6.